The van der Waals surface area contributed by atoms with Crippen molar-refractivity contribution in [2.24, 2.45) is 0 Å². The molecule has 0 bridgehead atoms. The van der Waals surface area contributed by atoms with Crippen molar-refractivity contribution < 1.29 is 23.9 Å². The van der Waals surface area contributed by atoms with Crippen LogP contribution in [-0.4, -0.2) is 61.6 Å². The number of methoxy groups -OCH3 is 2. The van der Waals surface area contributed by atoms with Crippen molar-refractivity contribution in [1.29, 1.82) is 0 Å². The number of esters is 1. The molecule has 2 amide bonds. The van der Waals surface area contributed by atoms with Gasteiger partial charge in [0, 0.05) is 19.2 Å². The van der Waals surface area contributed by atoms with Gasteiger partial charge in [-0.2, -0.15) is 0 Å². The second-order valence-electron chi connectivity index (χ2n) is 7.53. The fraction of sp³-hybridized carbons (Fsp3) is 0.571. The number of carbonyl (C=O) groups is 3. The van der Waals surface area contributed by atoms with Crippen LogP contribution in [0, 0.1) is 0 Å². The van der Waals surface area contributed by atoms with Crippen LogP contribution >= 0.6 is 0 Å². The maximum atomic E-state index is 13.4. The van der Waals surface area contributed by atoms with Gasteiger partial charge in [-0.05, 0) is 31.4 Å². The average molecular weight is 388 g/mol. The molecule has 0 saturated heterocycles. The lowest BCUT2D eigenvalue weighted by Gasteiger charge is -2.50. The highest BCUT2D eigenvalue weighted by atomic mass is 16.5. The lowest BCUT2D eigenvalue weighted by Crippen LogP contribution is -2.62. The minimum Gasteiger partial charge on any atom is -0.467 e. The van der Waals surface area contributed by atoms with Gasteiger partial charge in [0.15, 0.2) is 0 Å². The summed E-state index contributed by atoms with van der Waals surface area (Å²) in [5, 5.41) is 2.80. The molecule has 2 aliphatic rings. The van der Waals surface area contributed by atoms with E-state index in [0.717, 1.165) is 31.2 Å². The van der Waals surface area contributed by atoms with E-state index in [4.69, 9.17) is 9.47 Å². The van der Waals surface area contributed by atoms with Crippen LogP contribution in [0.4, 0.5) is 0 Å². The highest BCUT2D eigenvalue weighted by Gasteiger charge is 2.55. The van der Waals surface area contributed by atoms with Crippen LogP contribution < -0.4 is 5.32 Å². The number of nitrogens with zero attached hydrogens (tertiary/aromatic N) is 1. The number of nitrogens with one attached hydrogen (secondary N) is 1. The molecule has 0 unspecified atom stereocenters. The lowest BCUT2D eigenvalue weighted by atomic mass is 9.71. The van der Waals surface area contributed by atoms with Gasteiger partial charge in [0.2, 0.25) is 5.91 Å². The van der Waals surface area contributed by atoms with Gasteiger partial charge in [0.25, 0.3) is 5.91 Å². The molecule has 1 saturated carbocycles. The topological polar surface area (TPSA) is 84.9 Å². The van der Waals surface area contributed by atoms with E-state index in [1.165, 1.54) is 7.11 Å². The first-order chi connectivity index (χ1) is 13.5. The van der Waals surface area contributed by atoms with Crippen LogP contribution in [0.25, 0.3) is 0 Å². The van der Waals surface area contributed by atoms with Crippen molar-refractivity contribution in [2.45, 2.75) is 50.1 Å². The highest BCUT2D eigenvalue weighted by molar-refractivity contribution is 6.02. The quantitative estimate of drug-likeness (QED) is 0.752. The summed E-state index contributed by atoms with van der Waals surface area (Å²) in [5.41, 5.74) is 0.684. The van der Waals surface area contributed by atoms with Gasteiger partial charge in [-0.25, -0.2) is 4.79 Å². The van der Waals surface area contributed by atoms with Gasteiger partial charge in [0.05, 0.1) is 25.2 Å². The van der Waals surface area contributed by atoms with E-state index in [0.29, 0.717) is 18.7 Å². The fourth-order valence-corrected chi connectivity index (χ4v) is 4.71. The number of hydrogen-bond donors (Lipinski definition) is 1. The Kier molecular flexibility index (Phi) is 6.03. The van der Waals surface area contributed by atoms with Gasteiger partial charge in [0.1, 0.15) is 6.04 Å². The summed E-state index contributed by atoms with van der Waals surface area (Å²) >= 11 is 0. The predicted octanol–water partition coefficient (Wildman–Crippen LogP) is 1.86. The number of rotatable bonds is 6. The summed E-state index contributed by atoms with van der Waals surface area (Å²) in [7, 11) is 2.90. The Morgan fingerprint density at radius 2 is 1.93 bits per heavy atom. The second kappa shape index (κ2) is 8.31. The van der Waals surface area contributed by atoms with Gasteiger partial charge in [-0.15, -0.1) is 0 Å². The normalized spacial score (nSPS) is 21.3. The van der Waals surface area contributed by atoms with E-state index in [2.05, 4.69) is 5.32 Å². The molecule has 1 spiro atoms. The molecule has 1 aliphatic heterocycles. The molecule has 1 N–H and O–H groups in total. The average Bonchev–Trinajstić information content (AvgIpc) is 3.17. The minimum absolute atomic E-state index is 0.0559. The molecule has 0 radical (unpaired) electrons. The fourth-order valence-electron chi connectivity index (χ4n) is 4.71. The zero-order valence-corrected chi connectivity index (χ0v) is 16.7. The molecule has 1 heterocycles. The van der Waals surface area contributed by atoms with E-state index < -0.39 is 23.5 Å². The van der Waals surface area contributed by atoms with Crippen molar-refractivity contribution in [2.75, 3.05) is 27.4 Å². The molecule has 1 fully saturated rings. The summed E-state index contributed by atoms with van der Waals surface area (Å²) in [6, 6.07) is 6.53. The number of carbonyl (C=O) groups excluding carboxylic acids is 3. The number of hydrogen-bond acceptors (Lipinski definition) is 5. The maximum Gasteiger partial charge on any atom is 0.328 e. The summed E-state index contributed by atoms with van der Waals surface area (Å²) in [5.74, 6) is -1.33. The third-order valence-corrected chi connectivity index (χ3v) is 5.99. The predicted molar refractivity (Wildman–Crippen MR) is 103 cm³/mol. The summed E-state index contributed by atoms with van der Waals surface area (Å²) in [6.07, 6.45) is 3.41. The zero-order chi connectivity index (χ0) is 20.3. The molecule has 2 atom stereocenters. The van der Waals surface area contributed by atoms with Crippen LogP contribution in [0.15, 0.2) is 24.3 Å². The number of fused-ring (bicyclic) bond motifs is 1. The maximum absolute atomic E-state index is 13.4. The van der Waals surface area contributed by atoms with E-state index >= 15 is 0 Å². The standard InChI is InChI=1S/C21H28N2O5/c1-14(20(26)28-3)22-18(24)17-15-8-4-5-9-16(15)19(25)23(12-13-27-2)21(17)10-6-7-11-21/h4-5,8-9,14,17H,6-7,10-13H2,1-3H3,(H,22,24)/t14-,17-/m0/s1. The Morgan fingerprint density at radius 1 is 1.25 bits per heavy atom. The van der Waals surface area contributed by atoms with Gasteiger partial charge in [-0.1, -0.05) is 31.0 Å². The molecule has 7 nitrogen and oxygen atoms in total. The van der Waals surface area contributed by atoms with Crippen LogP contribution in [0.1, 0.15) is 54.4 Å². The Balaban J connectivity index is 2.05. The van der Waals surface area contributed by atoms with Gasteiger partial charge < -0.3 is 19.7 Å². The van der Waals surface area contributed by atoms with E-state index in [1.807, 2.05) is 23.1 Å². The van der Waals surface area contributed by atoms with Crippen LogP contribution in [0.3, 0.4) is 0 Å². The SMILES string of the molecule is COCCN1C(=O)c2ccccc2[C@@H](C(=O)N[C@@H](C)C(=O)OC)C12CCCC2. The van der Waals surface area contributed by atoms with Gasteiger partial charge >= 0.3 is 5.97 Å². The number of benzene rings is 1. The van der Waals surface area contributed by atoms with Gasteiger partial charge in [-0.3, -0.25) is 9.59 Å². The monoisotopic (exact) mass is 388 g/mol. The van der Waals surface area contributed by atoms with Crippen molar-refractivity contribution in [3.8, 4) is 0 Å². The molecule has 7 heteroatoms. The molecule has 152 valence electrons. The van der Waals surface area contributed by atoms with Crippen molar-refractivity contribution in [3.63, 3.8) is 0 Å². The lowest BCUT2D eigenvalue weighted by molar-refractivity contribution is -0.145. The molecule has 1 aromatic carbocycles. The Morgan fingerprint density at radius 3 is 2.57 bits per heavy atom. The molecule has 28 heavy (non-hydrogen) atoms. The number of amides is 2. The highest BCUT2D eigenvalue weighted by Crippen LogP contribution is 2.50. The molecular weight excluding hydrogens is 360 g/mol. The molecule has 1 aliphatic carbocycles. The van der Waals surface area contributed by atoms with Crippen molar-refractivity contribution in [3.05, 3.63) is 35.4 Å². The molecule has 1 aromatic rings. The summed E-state index contributed by atoms with van der Waals surface area (Å²) in [4.78, 5) is 40.3. The first kappa shape index (κ1) is 20.3. The second-order valence-corrected chi connectivity index (χ2v) is 7.53. The molecular formula is C21H28N2O5. The Bertz CT molecular complexity index is 757. The zero-order valence-electron chi connectivity index (χ0n) is 16.7. The summed E-state index contributed by atoms with van der Waals surface area (Å²) in [6.45, 7) is 2.44. The van der Waals surface area contributed by atoms with Crippen LogP contribution in [0.5, 0.6) is 0 Å². The Labute approximate surface area is 165 Å². The van der Waals surface area contributed by atoms with E-state index in [1.54, 1.807) is 20.1 Å². The smallest absolute Gasteiger partial charge is 0.328 e. The third-order valence-electron chi connectivity index (χ3n) is 5.99. The first-order valence-electron chi connectivity index (χ1n) is 9.74. The number of ether oxygens (including phenoxy) is 2. The third kappa shape index (κ3) is 3.39. The molecule has 3 rings (SSSR count). The van der Waals surface area contributed by atoms with Crippen molar-refractivity contribution in [1.82, 2.24) is 10.2 Å². The van der Waals surface area contributed by atoms with Crippen LogP contribution in [-0.2, 0) is 19.1 Å². The minimum atomic E-state index is -0.756. The van der Waals surface area contributed by atoms with Crippen molar-refractivity contribution >= 4 is 17.8 Å². The van der Waals surface area contributed by atoms with E-state index in [9.17, 15) is 14.4 Å². The molecule has 0 aromatic heterocycles. The summed E-state index contributed by atoms with van der Waals surface area (Å²) < 4.78 is 9.98. The Hall–Kier alpha value is -2.41. The first-order valence-corrected chi connectivity index (χ1v) is 9.74. The largest absolute Gasteiger partial charge is 0.467 e. The van der Waals surface area contributed by atoms with E-state index in [-0.39, 0.29) is 11.8 Å². The van der Waals surface area contributed by atoms with Crippen LogP contribution in [0.2, 0.25) is 0 Å².